The fourth-order valence-corrected chi connectivity index (χ4v) is 1.29. The first kappa shape index (κ1) is 7.16. The second kappa shape index (κ2) is 2.52. The average molecular weight is 161 g/mol. The monoisotopic (exact) mass is 161 g/mol. The predicted molar refractivity (Wildman–Crippen MR) is 49.9 cm³/mol. The van der Waals surface area contributed by atoms with Crippen LogP contribution in [0.15, 0.2) is 18.2 Å². The summed E-state index contributed by atoms with van der Waals surface area (Å²) in [6, 6.07) is 6.15. The molecule has 1 aromatic heterocycles. The summed E-state index contributed by atoms with van der Waals surface area (Å²) < 4.78 is 0. The summed E-state index contributed by atoms with van der Waals surface area (Å²) in [7, 11) is 0. The summed E-state index contributed by atoms with van der Waals surface area (Å²) in [6.45, 7) is 2.12. The Kier molecular flexibility index (Phi) is 1.50. The topological polar surface area (TPSA) is 54.7 Å². The van der Waals surface area contributed by atoms with Gasteiger partial charge in [-0.05, 0) is 24.1 Å². The van der Waals surface area contributed by atoms with Crippen LogP contribution < -0.4 is 5.73 Å². The van der Waals surface area contributed by atoms with E-state index in [1.807, 2.05) is 6.07 Å². The SMILES string of the molecule is CCc1ccc2[nH]c(N)nc2c1. The van der Waals surface area contributed by atoms with E-state index in [-0.39, 0.29) is 0 Å². The van der Waals surface area contributed by atoms with Crippen molar-refractivity contribution in [2.45, 2.75) is 13.3 Å². The minimum absolute atomic E-state index is 0.484. The van der Waals surface area contributed by atoms with Gasteiger partial charge in [-0.2, -0.15) is 0 Å². The van der Waals surface area contributed by atoms with Crippen LogP contribution in [-0.2, 0) is 6.42 Å². The standard InChI is InChI=1S/C9H11N3/c1-2-6-3-4-7-8(5-6)12-9(10)11-7/h3-5H,2H2,1H3,(H3,10,11,12). The van der Waals surface area contributed by atoms with Crippen molar-refractivity contribution in [1.82, 2.24) is 9.97 Å². The first-order chi connectivity index (χ1) is 5.79. The molecule has 0 atom stereocenters. The van der Waals surface area contributed by atoms with Gasteiger partial charge < -0.3 is 10.7 Å². The second-order valence-corrected chi connectivity index (χ2v) is 2.83. The van der Waals surface area contributed by atoms with Crippen molar-refractivity contribution in [3.8, 4) is 0 Å². The minimum Gasteiger partial charge on any atom is -0.369 e. The molecule has 0 saturated heterocycles. The largest absolute Gasteiger partial charge is 0.369 e. The van der Waals surface area contributed by atoms with Crippen LogP contribution in [0.1, 0.15) is 12.5 Å². The zero-order chi connectivity index (χ0) is 8.55. The van der Waals surface area contributed by atoms with E-state index in [9.17, 15) is 0 Å². The third-order valence-electron chi connectivity index (χ3n) is 1.97. The van der Waals surface area contributed by atoms with E-state index in [4.69, 9.17) is 5.73 Å². The number of fused-ring (bicyclic) bond motifs is 1. The highest BCUT2D eigenvalue weighted by atomic mass is 15.0. The van der Waals surface area contributed by atoms with Crippen LogP contribution in [0.2, 0.25) is 0 Å². The lowest BCUT2D eigenvalue weighted by molar-refractivity contribution is 1.14. The van der Waals surface area contributed by atoms with Crippen LogP contribution in [0.5, 0.6) is 0 Å². The van der Waals surface area contributed by atoms with Gasteiger partial charge in [0.05, 0.1) is 11.0 Å². The maximum atomic E-state index is 5.52. The molecule has 0 bridgehead atoms. The lowest BCUT2D eigenvalue weighted by Gasteiger charge is -1.93. The van der Waals surface area contributed by atoms with E-state index in [0.29, 0.717) is 5.95 Å². The van der Waals surface area contributed by atoms with Crippen molar-refractivity contribution >= 4 is 17.0 Å². The molecule has 12 heavy (non-hydrogen) atoms. The van der Waals surface area contributed by atoms with Gasteiger partial charge in [0.15, 0.2) is 5.95 Å². The molecule has 0 amide bonds. The maximum Gasteiger partial charge on any atom is 0.198 e. The van der Waals surface area contributed by atoms with Crippen molar-refractivity contribution in [2.75, 3.05) is 5.73 Å². The Morgan fingerprint density at radius 2 is 2.33 bits per heavy atom. The van der Waals surface area contributed by atoms with E-state index < -0.39 is 0 Å². The molecular weight excluding hydrogens is 150 g/mol. The number of aromatic nitrogens is 2. The fraction of sp³-hybridized carbons (Fsp3) is 0.222. The number of rotatable bonds is 1. The molecule has 0 fully saturated rings. The molecule has 0 spiro atoms. The molecular formula is C9H11N3. The summed E-state index contributed by atoms with van der Waals surface area (Å²) >= 11 is 0. The second-order valence-electron chi connectivity index (χ2n) is 2.83. The Morgan fingerprint density at radius 1 is 1.50 bits per heavy atom. The fourth-order valence-electron chi connectivity index (χ4n) is 1.29. The number of anilines is 1. The molecule has 62 valence electrons. The minimum atomic E-state index is 0.484. The summed E-state index contributed by atoms with van der Waals surface area (Å²) in [5, 5.41) is 0. The third-order valence-corrected chi connectivity index (χ3v) is 1.97. The smallest absolute Gasteiger partial charge is 0.198 e. The molecule has 3 N–H and O–H groups in total. The molecule has 1 heterocycles. The Morgan fingerprint density at radius 3 is 3.08 bits per heavy atom. The predicted octanol–water partition coefficient (Wildman–Crippen LogP) is 1.71. The van der Waals surface area contributed by atoms with Crippen LogP contribution in [0.3, 0.4) is 0 Å². The quantitative estimate of drug-likeness (QED) is 0.669. The molecule has 2 aromatic rings. The third kappa shape index (κ3) is 1.03. The van der Waals surface area contributed by atoms with Crippen molar-refractivity contribution in [3.05, 3.63) is 23.8 Å². The van der Waals surface area contributed by atoms with Gasteiger partial charge in [-0.3, -0.25) is 0 Å². The molecule has 0 saturated carbocycles. The number of hydrogen-bond donors (Lipinski definition) is 2. The molecule has 0 aliphatic carbocycles. The molecule has 0 radical (unpaired) electrons. The van der Waals surface area contributed by atoms with E-state index >= 15 is 0 Å². The maximum absolute atomic E-state index is 5.52. The van der Waals surface area contributed by atoms with Crippen LogP contribution in [0, 0.1) is 0 Å². The van der Waals surface area contributed by atoms with Gasteiger partial charge in [-0.25, -0.2) is 4.98 Å². The normalized spacial score (nSPS) is 10.8. The number of nitrogens with one attached hydrogen (secondary N) is 1. The van der Waals surface area contributed by atoms with E-state index in [0.717, 1.165) is 17.5 Å². The summed E-state index contributed by atoms with van der Waals surface area (Å²) in [5.41, 5.74) is 8.76. The summed E-state index contributed by atoms with van der Waals surface area (Å²) in [5.74, 6) is 0.484. The molecule has 0 aliphatic heterocycles. The van der Waals surface area contributed by atoms with Gasteiger partial charge in [0.2, 0.25) is 0 Å². The molecule has 0 aliphatic rings. The number of aryl methyl sites for hydroxylation is 1. The molecule has 1 aromatic carbocycles. The lowest BCUT2D eigenvalue weighted by Crippen LogP contribution is -1.84. The number of hydrogen-bond acceptors (Lipinski definition) is 2. The van der Waals surface area contributed by atoms with Crippen LogP contribution in [0.4, 0.5) is 5.95 Å². The van der Waals surface area contributed by atoms with Crippen molar-refractivity contribution in [2.24, 2.45) is 0 Å². The van der Waals surface area contributed by atoms with Gasteiger partial charge in [0.25, 0.3) is 0 Å². The van der Waals surface area contributed by atoms with Gasteiger partial charge in [-0.1, -0.05) is 13.0 Å². The first-order valence-electron chi connectivity index (χ1n) is 4.03. The highest BCUT2D eigenvalue weighted by Gasteiger charge is 1.98. The van der Waals surface area contributed by atoms with Crippen LogP contribution in [-0.4, -0.2) is 9.97 Å². The summed E-state index contributed by atoms with van der Waals surface area (Å²) in [4.78, 5) is 7.12. The molecule has 3 heteroatoms. The number of H-pyrrole nitrogens is 1. The first-order valence-corrected chi connectivity index (χ1v) is 4.03. The van der Waals surface area contributed by atoms with Gasteiger partial charge >= 0.3 is 0 Å². The van der Waals surface area contributed by atoms with Gasteiger partial charge in [0.1, 0.15) is 0 Å². The van der Waals surface area contributed by atoms with Crippen LogP contribution in [0.25, 0.3) is 11.0 Å². The lowest BCUT2D eigenvalue weighted by atomic mass is 10.1. The van der Waals surface area contributed by atoms with Crippen molar-refractivity contribution < 1.29 is 0 Å². The summed E-state index contributed by atoms with van der Waals surface area (Å²) in [6.07, 6.45) is 1.03. The number of aromatic amines is 1. The van der Waals surface area contributed by atoms with E-state index in [2.05, 4.69) is 29.0 Å². The number of benzene rings is 1. The number of nitrogen functional groups attached to an aromatic ring is 1. The highest BCUT2D eigenvalue weighted by Crippen LogP contribution is 2.14. The molecule has 2 rings (SSSR count). The van der Waals surface area contributed by atoms with Gasteiger partial charge in [-0.15, -0.1) is 0 Å². The number of nitrogens with two attached hydrogens (primary N) is 1. The van der Waals surface area contributed by atoms with Crippen molar-refractivity contribution in [1.29, 1.82) is 0 Å². The number of nitrogens with zero attached hydrogens (tertiary/aromatic N) is 1. The van der Waals surface area contributed by atoms with Crippen molar-refractivity contribution in [3.63, 3.8) is 0 Å². The highest BCUT2D eigenvalue weighted by molar-refractivity contribution is 5.77. The zero-order valence-electron chi connectivity index (χ0n) is 6.96. The Balaban J connectivity index is 2.66. The Hall–Kier alpha value is -1.51. The van der Waals surface area contributed by atoms with E-state index in [1.165, 1.54) is 5.56 Å². The zero-order valence-corrected chi connectivity index (χ0v) is 6.96. The average Bonchev–Trinajstić information content (AvgIpc) is 2.43. The molecule has 3 nitrogen and oxygen atoms in total. The van der Waals surface area contributed by atoms with Gasteiger partial charge in [0, 0.05) is 0 Å². The van der Waals surface area contributed by atoms with Crippen LogP contribution >= 0.6 is 0 Å². The Bertz CT molecular complexity index is 403. The van der Waals surface area contributed by atoms with E-state index in [1.54, 1.807) is 0 Å². The Labute approximate surface area is 70.6 Å². The molecule has 0 unspecified atom stereocenters. The number of imidazole rings is 1.